The fourth-order valence-corrected chi connectivity index (χ4v) is 9.54. The molecule has 2 unspecified atom stereocenters. The number of hydrogen-bond donors (Lipinski definition) is 3. The number of carbonyl (C=O) groups excluding carboxylic acids is 2. The monoisotopic (exact) mass is 958 g/mol. The minimum absolute atomic E-state index is 0.00223. The zero-order chi connectivity index (χ0) is 49.3. The van der Waals surface area contributed by atoms with Crippen molar-refractivity contribution in [3.63, 3.8) is 0 Å². The van der Waals surface area contributed by atoms with Crippen LogP contribution in [0, 0.1) is 0 Å². The Kier molecular flexibility index (Phi) is 56.5. The van der Waals surface area contributed by atoms with E-state index in [1.165, 1.54) is 250 Å². The fourth-order valence-electron chi connectivity index (χ4n) is 9.54. The van der Waals surface area contributed by atoms with Crippen molar-refractivity contribution in [1.82, 2.24) is 5.32 Å². The van der Waals surface area contributed by atoms with Crippen LogP contribution in [0.4, 0.5) is 0 Å². The van der Waals surface area contributed by atoms with Crippen molar-refractivity contribution >= 4 is 11.9 Å². The van der Waals surface area contributed by atoms with Crippen LogP contribution in [0.15, 0.2) is 24.3 Å². The third kappa shape index (κ3) is 53.7. The van der Waals surface area contributed by atoms with E-state index in [1.54, 1.807) is 0 Å². The average Bonchev–Trinajstić information content (AvgIpc) is 3.34. The topological polar surface area (TPSA) is 95.9 Å². The molecule has 0 fully saturated rings. The summed E-state index contributed by atoms with van der Waals surface area (Å²) in [5.41, 5.74) is 0. The second-order valence-corrected chi connectivity index (χ2v) is 21.0. The molecule has 0 aliphatic rings. The molecule has 0 aliphatic heterocycles. The van der Waals surface area contributed by atoms with Crippen LogP contribution in [0.25, 0.3) is 0 Å². The molecule has 1 amide bonds. The van der Waals surface area contributed by atoms with Gasteiger partial charge in [0.15, 0.2) is 0 Å². The quantitative estimate of drug-likeness (QED) is 0.0321. The van der Waals surface area contributed by atoms with Gasteiger partial charge in [0.1, 0.15) is 0 Å². The van der Waals surface area contributed by atoms with Crippen LogP contribution in [0.2, 0.25) is 0 Å². The van der Waals surface area contributed by atoms with Gasteiger partial charge in [-0.3, -0.25) is 9.59 Å². The molecule has 3 N–H and O–H groups in total. The fraction of sp³-hybridized carbons (Fsp3) is 0.903. The highest BCUT2D eigenvalue weighted by molar-refractivity contribution is 5.76. The van der Waals surface area contributed by atoms with E-state index >= 15 is 0 Å². The first-order chi connectivity index (χ1) is 33.5. The van der Waals surface area contributed by atoms with Crippen LogP contribution in [-0.4, -0.2) is 47.4 Å². The van der Waals surface area contributed by atoms with E-state index in [4.69, 9.17) is 4.74 Å². The molecule has 0 heterocycles. The maximum Gasteiger partial charge on any atom is 0.305 e. The number of esters is 1. The van der Waals surface area contributed by atoms with Crippen LogP contribution in [0.5, 0.6) is 0 Å². The van der Waals surface area contributed by atoms with Gasteiger partial charge in [-0.25, -0.2) is 0 Å². The number of carbonyl (C=O) groups is 2. The van der Waals surface area contributed by atoms with E-state index < -0.39 is 12.1 Å². The lowest BCUT2D eigenvalue weighted by atomic mass is 10.0. The first-order valence-electron chi connectivity index (χ1n) is 30.6. The lowest BCUT2D eigenvalue weighted by Gasteiger charge is -2.22. The Morgan fingerprint density at radius 1 is 0.412 bits per heavy atom. The zero-order valence-corrected chi connectivity index (χ0v) is 45.9. The van der Waals surface area contributed by atoms with E-state index in [9.17, 15) is 19.8 Å². The number of ether oxygens (including phenoxy) is 1. The molecule has 0 saturated carbocycles. The standard InChI is InChI=1S/C62H119NO5/c1-3-5-7-9-11-13-15-17-19-27-30-34-38-42-46-50-54-60(65)59(58-64)63-61(66)55-51-47-43-39-35-31-28-25-23-21-20-22-24-26-29-33-37-41-45-49-53-57-68-62(67)56-52-48-44-40-36-32-18-16-14-12-10-8-6-4-2/h10,12,16,18,59-60,64-65H,3-9,11,13-15,17,19-58H2,1-2H3,(H,63,66)/b12-10-,18-16-. The van der Waals surface area contributed by atoms with Gasteiger partial charge in [-0.1, -0.05) is 295 Å². The van der Waals surface area contributed by atoms with Crippen LogP contribution in [-0.2, 0) is 14.3 Å². The molecule has 0 radical (unpaired) electrons. The Balaban J connectivity index is 3.39. The summed E-state index contributed by atoms with van der Waals surface area (Å²) in [5, 5.41) is 23.3. The van der Waals surface area contributed by atoms with Crippen LogP contribution in [0.3, 0.4) is 0 Å². The van der Waals surface area contributed by atoms with Gasteiger partial charge in [-0.05, 0) is 51.4 Å². The Labute approximate surface area is 424 Å². The predicted molar refractivity (Wildman–Crippen MR) is 296 cm³/mol. The Hall–Kier alpha value is -1.66. The van der Waals surface area contributed by atoms with Crippen molar-refractivity contribution in [2.45, 2.75) is 347 Å². The van der Waals surface area contributed by atoms with E-state index in [1.807, 2.05) is 0 Å². The van der Waals surface area contributed by atoms with Crippen molar-refractivity contribution in [3.05, 3.63) is 24.3 Å². The average molecular weight is 959 g/mol. The van der Waals surface area contributed by atoms with Crippen molar-refractivity contribution in [3.8, 4) is 0 Å². The Morgan fingerprint density at radius 2 is 0.750 bits per heavy atom. The summed E-state index contributed by atoms with van der Waals surface area (Å²) in [6.07, 6.45) is 70.3. The second kappa shape index (κ2) is 57.9. The molecule has 68 heavy (non-hydrogen) atoms. The summed E-state index contributed by atoms with van der Waals surface area (Å²) in [6.45, 7) is 4.92. The number of hydrogen-bond acceptors (Lipinski definition) is 5. The third-order valence-corrected chi connectivity index (χ3v) is 14.3. The molecule has 0 aliphatic carbocycles. The van der Waals surface area contributed by atoms with Gasteiger partial charge in [0.25, 0.3) is 0 Å². The SMILES string of the molecule is CCCC/C=C\C/C=C\CCCCCCCC(=O)OCCCCCCCCCCCCCCCCCCCCCCCC(=O)NC(CO)C(O)CCCCCCCCCCCCCCCCCC. The molecule has 402 valence electrons. The summed E-state index contributed by atoms with van der Waals surface area (Å²) < 4.78 is 5.47. The second-order valence-electron chi connectivity index (χ2n) is 21.0. The largest absolute Gasteiger partial charge is 0.466 e. The number of aliphatic hydroxyl groups excluding tert-OH is 2. The normalized spacial score (nSPS) is 12.7. The number of amides is 1. The molecule has 0 bridgehead atoms. The van der Waals surface area contributed by atoms with E-state index in [0.717, 1.165) is 51.4 Å². The number of allylic oxidation sites excluding steroid dienone is 4. The summed E-state index contributed by atoms with van der Waals surface area (Å²) in [5.74, 6) is -0.0362. The summed E-state index contributed by atoms with van der Waals surface area (Å²) >= 11 is 0. The van der Waals surface area contributed by atoms with Gasteiger partial charge in [0, 0.05) is 12.8 Å². The number of aliphatic hydroxyl groups is 2. The highest BCUT2D eigenvalue weighted by atomic mass is 16.5. The molecule has 0 aromatic rings. The van der Waals surface area contributed by atoms with Crippen molar-refractivity contribution < 1.29 is 24.5 Å². The van der Waals surface area contributed by atoms with Gasteiger partial charge < -0.3 is 20.3 Å². The van der Waals surface area contributed by atoms with Crippen LogP contribution < -0.4 is 5.32 Å². The van der Waals surface area contributed by atoms with E-state index in [-0.39, 0.29) is 18.5 Å². The molecule has 0 aromatic heterocycles. The molecular formula is C62H119NO5. The minimum Gasteiger partial charge on any atom is -0.466 e. The zero-order valence-electron chi connectivity index (χ0n) is 45.9. The van der Waals surface area contributed by atoms with E-state index in [2.05, 4.69) is 43.5 Å². The molecule has 0 spiro atoms. The first kappa shape index (κ1) is 66.3. The Morgan fingerprint density at radius 3 is 1.16 bits per heavy atom. The molecule has 0 rings (SSSR count). The van der Waals surface area contributed by atoms with Crippen LogP contribution in [0.1, 0.15) is 335 Å². The first-order valence-corrected chi connectivity index (χ1v) is 30.6. The number of rotatable bonds is 57. The summed E-state index contributed by atoms with van der Waals surface area (Å²) in [7, 11) is 0. The minimum atomic E-state index is -0.665. The van der Waals surface area contributed by atoms with Crippen molar-refractivity contribution in [2.24, 2.45) is 0 Å². The molecule has 6 heteroatoms. The van der Waals surface area contributed by atoms with Gasteiger partial charge >= 0.3 is 5.97 Å². The maximum absolute atomic E-state index is 12.5. The molecule has 6 nitrogen and oxygen atoms in total. The lowest BCUT2D eigenvalue weighted by molar-refractivity contribution is -0.143. The summed E-state index contributed by atoms with van der Waals surface area (Å²) in [6, 6.07) is -0.542. The van der Waals surface area contributed by atoms with Crippen molar-refractivity contribution in [2.75, 3.05) is 13.2 Å². The van der Waals surface area contributed by atoms with Gasteiger partial charge in [0.2, 0.25) is 5.91 Å². The predicted octanol–water partition coefficient (Wildman–Crippen LogP) is 19.0. The molecular weight excluding hydrogens is 839 g/mol. The van der Waals surface area contributed by atoms with Gasteiger partial charge in [-0.15, -0.1) is 0 Å². The van der Waals surface area contributed by atoms with Crippen molar-refractivity contribution in [1.29, 1.82) is 0 Å². The highest BCUT2D eigenvalue weighted by Gasteiger charge is 2.20. The lowest BCUT2D eigenvalue weighted by Crippen LogP contribution is -2.45. The highest BCUT2D eigenvalue weighted by Crippen LogP contribution is 2.18. The smallest absolute Gasteiger partial charge is 0.305 e. The molecule has 0 saturated heterocycles. The van der Waals surface area contributed by atoms with Gasteiger partial charge in [0.05, 0.1) is 25.4 Å². The van der Waals surface area contributed by atoms with Crippen LogP contribution >= 0.6 is 0 Å². The van der Waals surface area contributed by atoms with E-state index in [0.29, 0.717) is 25.9 Å². The summed E-state index contributed by atoms with van der Waals surface area (Å²) in [4.78, 5) is 24.5. The molecule has 0 aromatic carbocycles. The maximum atomic E-state index is 12.5. The third-order valence-electron chi connectivity index (χ3n) is 14.3. The Bertz CT molecular complexity index is 1060. The molecule has 2 atom stereocenters. The number of unbranched alkanes of at least 4 members (excludes halogenated alkanes) is 42. The van der Waals surface area contributed by atoms with Gasteiger partial charge in [-0.2, -0.15) is 0 Å². The number of nitrogens with one attached hydrogen (secondary N) is 1.